The number of hydrogen-bond donors (Lipinski definition) is 1. The van der Waals surface area contributed by atoms with E-state index in [1.807, 2.05) is 67.8 Å². The van der Waals surface area contributed by atoms with Crippen molar-refractivity contribution in [1.29, 1.82) is 0 Å². The normalized spacial score (nSPS) is 14.8. The molecule has 30 heavy (non-hydrogen) atoms. The Hall–Kier alpha value is -3.03. The van der Waals surface area contributed by atoms with Gasteiger partial charge in [0, 0.05) is 21.8 Å². The monoisotopic (exact) mass is 436 g/mol. The van der Waals surface area contributed by atoms with Crippen LogP contribution in [0.3, 0.4) is 0 Å². The van der Waals surface area contributed by atoms with Crippen LogP contribution >= 0.6 is 23.4 Å². The first-order valence-corrected chi connectivity index (χ1v) is 10.9. The highest BCUT2D eigenvalue weighted by Gasteiger charge is 2.28. The molecule has 6 nitrogen and oxygen atoms in total. The third-order valence-electron chi connectivity index (χ3n) is 4.86. The van der Waals surface area contributed by atoms with Gasteiger partial charge in [0.15, 0.2) is 11.5 Å². The number of ether oxygens (including phenoxy) is 1. The quantitative estimate of drug-likeness (QED) is 0.395. The molecule has 1 aliphatic rings. The molecule has 1 atom stereocenters. The molecular weight excluding hydrogens is 420 g/mol. The molecule has 1 N–H and O–H groups in total. The largest absolute Gasteiger partial charge is 0.455 e. The van der Waals surface area contributed by atoms with E-state index in [0.29, 0.717) is 33.3 Å². The second-order valence-corrected chi connectivity index (χ2v) is 7.99. The molecule has 0 fully saturated rings. The fraction of sp³-hybridized carbons (Fsp3) is 0.136. The molecule has 3 heterocycles. The van der Waals surface area contributed by atoms with Crippen LogP contribution in [0.15, 0.2) is 64.2 Å². The van der Waals surface area contributed by atoms with Crippen LogP contribution in [0.25, 0.3) is 22.6 Å². The molecule has 0 radical (unpaired) electrons. The number of thioether (sulfide) groups is 1. The highest BCUT2D eigenvalue weighted by molar-refractivity contribution is 7.98. The zero-order chi connectivity index (χ0) is 20.7. The van der Waals surface area contributed by atoms with E-state index in [0.717, 1.165) is 22.4 Å². The summed E-state index contributed by atoms with van der Waals surface area (Å²) >= 11 is 7.69. The van der Waals surface area contributed by atoms with Gasteiger partial charge in [0.2, 0.25) is 17.3 Å². The van der Waals surface area contributed by atoms with E-state index < -0.39 is 6.23 Å². The first kappa shape index (κ1) is 19.0. The van der Waals surface area contributed by atoms with Gasteiger partial charge in [-0.25, -0.2) is 0 Å². The van der Waals surface area contributed by atoms with Crippen LogP contribution in [0.5, 0.6) is 5.88 Å². The highest BCUT2D eigenvalue weighted by Crippen LogP contribution is 2.40. The number of aromatic nitrogens is 3. The van der Waals surface area contributed by atoms with Crippen molar-refractivity contribution in [3.8, 4) is 28.5 Å². The van der Waals surface area contributed by atoms with Gasteiger partial charge in [0.05, 0.1) is 0 Å². The maximum absolute atomic E-state index is 6.28. The van der Waals surface area contributed by atoms with E-state index in [-0.39, 0.29) is 0 Å². The summed E-state index contributed by atoms with van der Waals surface area (Å²) in [6.45, 7) is 1.97. The Labute approximate surface area is 182 Å². The van der Waals surface area contributed by atoms with Gasteiger partial charge in [-0.3, -0.25) is 0 Å². The van der Waals surface area contributed by atoms with Crippen LogP contribution in [0, 0.1) is 6.92 Å². The molecule has 5 rings (SSSR count). The summed E-state index contributed by atoms with van der Waals surface area (Å²) in [6, 6.07) is 17.5. The number of anilines is 1. The molecule has 1 aliphatic heterocycles. The number of benzene rings is 2. The van der Waals surface area contributed by atoms with Crippen LogP contribution in [-0.2, 0) is 0 Å². The van der Waals surface area contributed by atoms with Crippen molar-refractivity contribution >= 4 is 29.1 Å². The SMILES string of the molecule is CSc1nnc2c(n1)O[C@H](c1ccc(-c3ccc(C)c(Cl)c3)o1)Nc1ccccc1-2. The minimum atomic E-state index is -0.575. The average Bonchev–Trinajstić information content (AvgIpc) is 3.19. The number of nitrogens with one attached hydrogen (secondary N) is 1. The Balaban J connectivity index is 1.55. The molecule has 4 aromatic rings. The van der Waals surface area contributed by atoms with Gasteiger partial charge in [-0.05, 0) is 43.0 Å². The fourth-order valence-corrected chi connectivity index (χ4v) is 3.73. The van der Waals surface area contributed by atoms with Crippen molar-refractivity contribution in [1.82, 2.24) is 15.2 Å². The van der Waals surface area contributed by atoms with Crippen molar-refractivity contribution < 1.29 is 9.15 Å². The molecule has 0 aliphatic carbocycles. The first-order valence-electron chi connectivity index (χ1n) is 9.30. The van der Waals surface area contributed by atoms with E-state index in [1.165, 1.54) is 11.8 Å². The lowest BCUT2D eigenvalue weighted by molar-refractivity contribution is 0.196. The minimum Gasteiger partial charge on any atom is -0.455 e. The van der Waals surface area contributed by atoms with Gasteiger partial charge in [-0.1, -0.05) is 53.7 Å². The minimum absolute atomic E-state index is 0.410. The van der Waals surface area contributed by atoms with Crippen LogP contribution in [0.1, 0.15) is 17.6 Å². The van der Waals surface area contributed by atoms with E-state index in [2.05, 4.69) is 20.5 Å². The van der Waals surface area contributed by atoms with Gasteiger partial charge in [0.1, 0.15) is 5.76 Å². The summed E-state index contributed by atoms with van der Waals surface area (Å²) in [7, 11) is 0. The van der Waals surface area contributed by atoms with Crippen LogP contribution in [-0.4, -0.2) is 21.4 Å². The number of aryl methyl sites for hydroxylation is 1. The molecule has 2 aromatic carbocycles. The number of nitrogens with zero attached hydrogens (tertiary/aromatic N) is 3. The fourth-order valence-electron chi connectivity index (χ4n) is 3.26. The van der Waals surface area contributed by atoms with Crippen LogP contribution < -0.4 is 10.1 Å². The Morgan fingerprint density at radius 2 is 1.93 bits per heavy atom. The number of rotatable bonds is 3. The second kappa shape index (κ2) is 7.66. The number of halogens is 1. The number of fused-ring (bicyclic) bond motifs is 3. The van der Waals surface area contributed by atoms with Crippen molar-refractivity contribution in [3.05, 3.63) is 70.9 Å². The standard InChI is InChI=1S/C22H17ClN4O2S/c1-12-7-8-13(11-15(12)23)17-9-10-18(28-17)20-24-16-6-4-3-5-14(16)19-21(29-20)25-22(30-2)27-26-19/h3-11,20,24H,1-2H3/t20-/m1/s1. The second-order valence-electron chi connectivity index (χ2n) is 6.81. The molecule has 0 saturated heterocycles. The zero-order valence-electron chi connectivity index (χ0n) is 16.2. The summed E-state index contributed by atoms with van der Waals surface area (Å²) < 4.78 is 12.3. The molecule has 0 bridgehead atoms. The molecule has 0 amide bonds. The summed E-state index contributed by atoms with van der Waals surface area (Å²) in [6.07, 6.45) is 1.32. The van der Waals surface area contributed by atoms with Gasteiger partial charge >= 0.3 is 0 Å². The zero-order valence-corrected chi connectivity index (χ0v) is 17.8. The average molecular weight is 437 g/mol. The van der Waals surface area contributed by atoms with Gasteiger partial charge < -0.3 is 14.5 Å². The summed E-state index contributed by atoms with van der Waals surface area (Å²) in [4.78, 5) is 4.52. The molecule has 0 unspecified atom stereocenters. The van der Waals surface area contributed by atoms with Crippen LogP contribution in [0.4, 0.5) is 5.69 Å². The lowest BCUT2D eigenvalue weighted by Crippen LogP contribution is -2.16. The predicted molar refractivity (Wildman–Crippen MR) is 118 cm³/mol. The molecule has 8 heteroatoms. The van der Waals surface area contributed by atoms with Gasteiger partial charge in [0.25, 0.3) is 0 Å². The molecule has 2 aromatic heterocycles. The third-order valence-corrected chi connectivity index (χ3v) is 5.80. The lowest BCUT2D eigenvalue weighted by Gasteiger charge is -2.16. The smallest absolute Gasteiger partial charge is 0.247 e. The Morgan fingerprint density at radius 3 is 2.77 bits per heavy atom. The topological polar surface area (TPSA) is 73.1 Å². The maximum Gasteiger partial charge on any atom is 0.247 e. The Morgan fingerprint density at radius 1 is 1.07 bits per heavy atom. The summed E-state index contributed by atoms with van der Waals surface area (Å²) in [5.41, 5.74) is 4.26. The van der Waals surface area contributed by atoms with E-state index in [1.54, 1.807) is 0 Å². The Kier molecular flexibility index (Phi) is 4.84. The highest BCUT2D eigenvalue weighted by atomic mass is 35.5. The maximum atomic E-state index is 6.28. The number of hydrogen-bond acceptors (Lipinski definition) is 7. The van der Waals surface area contributed by atoms with Crippen molar-refractivity contribution in [2.24, 2.45) is 0 Å². The first-order chi connectivity index (χ1) is 14.6. The molecule has 0 spiro atoms. The summed E-state index contributed by atoms with van der Waals surface area (Å²) in [5.74, 6) is 1.74. The predicted octanol–water partition coefficient (Wildman–Crippen LogP) is 5.99. The van der Waals surface area contributed by atoms with Gasteiger partial charge in [-0.2, -0.15) is 4.98 Å². The molecule has 0 saturated carbocycles. The van der Waals surface area contributed by atoms with Crippen molar-refractivity contribution in [3.63, 3.8) is 0 Å². The van der Waals surface area contributed by atoms with Crippen molar-refractivity contribution in [2.45, 2.75) is 18.3 Å². The van der Waals surface area contributed by atoms with Crippen molar-refractivity contribution in [2.75, 3.05) is 11.6 Å². The van der Waals surface area contributed by atoms with E-state index in [4.69, 9.17) is 20.8 Å². The Bertz CT molecular complexity index is 1240. The number of para-hydroxylation sites is 1. The van der Waals surface area contributed by atoms with E-state index >= 15 is 0 Å². The number of furan rings is 1. The molecular formula is C22H17ClN4O2S. The molecule has 150 valence electrons. The summed E-state index contributed by atoms with van der Waals surface area (Å²) in [5, 5.41) is 13.1. The third kappa shape index (κ3) is 3.40. The van der Waals surface area contributed by atoms with Gasteiger partial charge in [-0.15, -0.1) is 10.2 Å². The lowest BCUT2D eigenvalue weighted by atomic mass is 10.1. The van der Waals surface area contributed by atoms with E-state index in [9.17, 15) is 0 Å². The van der Waals surface area contributed by atoms with Crippen LogP contribution in [0.2, 0.25) is 5.02 Å².